The monoisotopic (exact) mass is 368 g/mol. The van der Waals surface area contributed by atoms with Gasteiger partial charge in [0.05, 0.1) is 23.4 Å². The average Bonchev–Trinajstić information content (AvgIpc) is 3.01. The Morgan fingerprint density at radius 1 is 1.23 bits per heavy atom. The third-order valence-corrected chi connectivity index (χ3v) is 5.26. The molecule has 0 spiro atoms. The number of amides is 1. The summed E-state index contributed by atoms with van der Waals surface area (Å²) in [4.78, 5) is 24.5. The van der Waals surface area contributed by atoms with Crippen molar-refractivity contribution >= 4 is 39.0 Å². The number of nitrogens with one attached hydrogen (secondary N) is 1. The first kappa shape index (κ1) is 16.9. The average molecular weight is 368 g/mol. The summed E-state index contributed by atoms with van der Waals surface area (Å²) in [5, 5.41) is 2.81. The zero-order valence-corrected chi connectivity index (χ0v) is 15.6. The van der Waals surface area contributed by atoms with Crippen LogP contribution in [0.4, 0.5) is 11.5 Å². The van der Waals surface area contributed by atoms with Crippen LogP contribution in [0.25, 0.3) is 21.6 Å². The molecule has 134 valence electrons. The van der Waals surface area contributed by atoms with Gasteiger partial charge < -0.3 is 15.0 Å². The highest BCUT2D eigenvalue weighted by molar-refractivity contribution is 7.19. The number of rotatable bonds is 3. The van der Waals surface area contributed by atoms with Gasteiger partial charge in [0.25, 0.3) is 0 Å². The van der Waals surface area contributed by atoms with E-state index in [-0.39, 0.29) is 5.91 Å². The maximum absolute atomic E-state index is 11.3. The van der Waals surface area contributed by atoms with E-state index >= 15 is 0 Å². The van der Waals surface area contributed by atoms with Gasteiger partial charge in [0.15, 0.2) is 11.6 Å². The normalized spacial score (nSPS) is 14.6. The van der Waals surface area contributed by atoms with Gasteiger partial charge in [-0.25, -0.2) is 9.97 Å². The van der Waals surface area contributed by atoms with Crippen molar-refractivity contribution in [3.8, 4) is 11.4 Å². The number of benzene rings is 1. The summed E-state index contributed by atoms with van der Waals surface area (Å²) in [5.41, 5.74) is 2.59. The number of morpholine rings is 1. The second kappa shape index (κ2) is 7.01. The first-order valence-electron chi connectivity index (χ1n) is 8.59. The first-order chi connectivity index (χ1) is 12.6. The van der Waals surface area contributed by atoms with Gasteiger partial charge in [0, 0.05) is 36.1 Å². The lowest BCUT2D eigenvalue weighted by molar-refractivity contribution is -0.114. The summed E-state index contributed by atoms with van der Waals surface area (Å²) < 4.78 is 6.60. The second-order valence-electron chi connectivity index (χ2n) is 6.30. The molecular weight excluding hydrogens is 348 g/mol. The van der Waals surface area contributed by atoms with Crippen LogP contribution in [0.3, 0.4) is 0 Å². The fourth-order valence-corrected chi connectivity index (χ4v) is 4.06. The predicted octanol–water partition coefficient (Wildman–Crippen LogP) is 3.46. The van der Waals surface area contributed by atoms with Gasteiger partial charge in [-0.15, -0.1) is 11.3 Å². The third-order valence-electron chi connectivity index (χ3n) is 4.23. The van der Waals surface area contributed by atoms with E-state index in [1.54, 1.807) is 11.3 Å². The number of fused-ring (bicyclic) bond motifs is 1. The van der Waals surface area contributed by atoms with E-state index in [4.69, 9.17) is 14.7 Å². The number of hydrogen-bond donors (Lipinski definition) is 1. The number of aryl methyl sites for hydroxylation is 1. The minimum absolute atomic E-state index is 0.0963. The third kappa shape index (κ3) is 3.40. The summed E-state index contributed by atoms with van der Waals surface area (Å²) >= 11 is 1.72. The summed E-state index contributed by atoms with van der Waals surface area (Å²) in [5.74, 6) is 1.54. The molecule has 1 amide bonds. The van der Waals surface area contributed by atoms with Gasteiger partial charge in [-0.2, -0.15) is 0 Å². The van der Waals surface area contributed by atoms with E-state index in [0.717, 1.165) is 40.4 Å². The van der Waals surface area contributed by atoms with Gasteiger partial charge in [-0.05, 0) is 25.1 Å². The van der Waals surface area contributed by atoms with Crippen molar-refractivity contribution in [2.24, 2.45) is 0 Å². The van der Waals surface area contributed by atoms with E-state index in [1.807, 2.05) is 24.3 Å². The molecule has 1 fully saturated rings. The maximum Gasteiger partial charge on any atom is 0.221 e. The Morgan fingerprint density at radius 3 is 2.81 bits per heavy atom. The van der Waals surface area contributed by atoms with Gasteiger partial charge in [0.1, 0.15) is 0 Å². The van der Waals surface area contributed by atoms with Gasteiger partial charge in [-0.1, -0.05) is 12.1 Å². The zero-order valence-electron chi connectivity index (χ0n) is 14.8. The largest absolute Gasteiger partial charge is 0.378 e. The van der Waals surface area contributed by atoms with Crippen LogP contribution in [0.1, 0.15) is 11.8 Å². The van der Waals surface area contributed by atoms with Crippen LogP contribution < -0.4 is 10.2 Å². The number of anilines is 2. The molecule has 1 aliphatic heterocycles. The molecule has 1 aliphatic rings. The van der Waals surface area contributed by atoms with Crippen molar-refractivity contribution in [3.05, 3.63) is 35.2 Å². The SMILES string of the molecule is CC(=O)Nc1cccc(-c2nc(N3CCOCC3)c3sc(C)cc3n2)c1. The molecule has 0 unspecified atom stereocenters. The van der Waals surface area contributed by atoms with Crippen LogP contribution in [-0.4, -0.2) is 42.2 Å². The Morgan fingerprint density at radius 2 is 2.04 bits per heavy atom. The molecule has 0 atom stereocenters. The van der Waals surface area contributed by atoms with Crippen LogP contribution in [0.5, 0.6) is 0 Å². The van der Waals surface area contributed by atoms with Crippen LogP contribution in [0.2, 0.25) is 0 Å². The Balaban J connectivity index is 1.81. The first-order valence-corrected chi connectivity index (χ1v) is 9.41. The van der Waals surface area contributed by atoms with Crippen molar-refractivity contribution in [1.82, 2.24) is 9.97 Å². The quantitative estimate of drug-likeness (QED) is 0.767. The number of carbonyl (C=O) groups excluding carboxylic acids is 1. The Bertz CT molecular complexity index is 963. The van der Waals surface area contributed by atoms with Gasteiger partial charge in [0.2, 0.25) is 5.91 Å². The minimum Gasteiger partial charge on any atom is -0.378 e. The topological polar surface area (TPSA) is 67.4 Å². The fourth-order valence-electron chi connectivity index (χ4n) is 3.09. The lowest BCUT2D eigenvalue weighted by atomic mass is 10.2. The highest BCUT2D eigenvalue weighted by Gasteiger charge is 2.19. The lowest BCUT2D eigenvalue weighted by Crippen LogP contribution is -2.36. The standard InChI is InChI=1S/C19H20N4O2S/c1-12-10-16-17(26-12)19(23-6-8-25-9-7-23)22-18(21-16)14-4-3-5-15(11-14)20-13(2)24/h3-5,10-11H,6-9H2,1-2H3,(H,20,24). The van der Waals surface area contributed by atoms with E-state index in [2.05, 4.69) is 23.2 Å². The number of ether oxygens (including phenoxy) is 1. The van der Waals surface area contributed by atoms with E-state index in [9.17, 15) is 4.79 Å². The zero-order chi connectivity index (χ0) is 18.1. The fraction of sp³-hybridized carbons (Fsp3) is 0.316. The van der Waals surface area contributed by atoms with E-state index in [1.165, 1.54) is 11.8 Å². The molecule has 7 heteroatoms. The number of aromatic nitrogens is 2. The van der Waals surface area contributed by atoms with E-state index in [0.29, 0.717) is 19.0 Å². The summed E-state index contributed by atoms with van der Waals surface area (Å²) in [6.45, 7) is 6.67. The molecule has 0 bridgehead atoms. The molecule has 6 nitrogen and oxygen atoms in total. The van der Waals surface area contributed by atoms with Gasteiger partial charge >= 0.3 is 0 Å². The van der Waals surface area contributed by atoms with Crippen molar-refractivity contribution in [2.75, 3.05) is 36.5 Å². The van der Waals surface area contributed by atoms with Crippen LogP contribution in [0, 0.1) is 6.92 Å². The summed E-state index contributed by atoms with van der Waals surface area (Å²) in [6, 6.07) is 9.75. The minimum atomic E-state index is -0.0963. The molecule has 3 aromatic rings. The van der Waals surface area contributed by atoms with Crippen LogP contribution in [-0.2, 0) is 9.53 Å². The maximum atomic E-state index is 11.3. The molecule has 0 aliphatic carbocycles. The summed E-state index contributed by atoms with van der Waals surface area (Å²) in [7, 11) is 0. The lowest BCUT2D eigenvalue weighted by Gasteiger charge is -2.28. The molecule has 1 aromatic carbocycles. The molecular formula is C19H20N4O2S. The van der Waals surface area contributed by atoms with Crippen LogP contribution >= 0.6 is 11.3 Å². The molecule has 1 N–H and O–H groups in total. The van der Waals surface area contributed by atoms with Crippen LogP contribution in [0.15, 0.2) is 30.3 Å². The Kier molecular flexibility index (Phi) is 4.57. The summed E-state index contributed by atoms with van der Waals surface area (Å²) in [6.07, 6.45) is 0. The van der Waals surface area contributed by atoms with Crippen molar-refractivity contribution in [2.45, 2.75) is 13.8 Å². The number of nitrogens with zero attached hydrogens (tertiary/aromatic N) is 3. The number of carbonyl (C=O) groups is 1. The highest BCUT2D eigenvalue weighted by Crippen LogP contribution is 2.34. The van der Waals surface area contributed by atoms with E-state index < -0.39 is 0 Å². The predicted molar refractivity (Wildman–Crippen MR) is 105 cm³/mol. The number of hydrogen-bond acceptors (Lipinski definition) is 6. The highest BCUT2D eigenvalue weighted by atomic mass is 32.1. The second-order valence-corrected chi connectivity index (χ2v) is 7.56. The molecule has 3 heterocycles. The molecule has 1 saturated heterocycles. The smallest absolute Gasteiger partial charge is 0.221 e. The Labute approximate surface area is 155 Å². The molecule has 0 saturated carbocycles. The Hall–Kier alpha value is -2.51. The molecule has 2 aromatic heterocycles. The molecule has 26 heavy (non-hydrogen) atoms. The molecule has 0 radical (unpaired) electrons. The number of thiophene rings is 1. The molecule has 4 rings (SSSR count). The van der Waals surface area contributed by atoms with Crippen molar-refractivity contribution < 1.29 is 9.53 Å². The van der Waals surface area contributed by atoms with Crippen molar-refractivity contribution in [3.63, 3.8) is 0 Å². The van der Waals surface area contributed by atoms with Gasteiger partial charge in [-0.3, -0.25) is 4.79 Å². The van der Waals surface area contributed by atoms with Crippen molar-refractivity contribution in [1.29, 1.82) is 0 Å².